The van der Waals surface area contributed by atoms with Crippen molar-refractivity contribution in [3.63, 3.8) is 0 Å². The summed E-state index contributed by atoms with van der Waals surface area (Å²) in [5.74, 6) is -1.17. The predicted molar refractivity (Wildman–Crippen MR) is 113 cm³/mol. The van der Waals surface area contributed by atoms with Crippen LogP contribution in [0.4, 0.5) is 15.9 Å². The monoisotopic (exact) mass is 425 g/mol. The van der Waals surface area contributed by atoms with Crippen molar-refractivity contribution in [2.75, 3.05) is 25.0 Å². The van der Waals surface area contributed by atoms with Crippen molar-refractivity contribution in [2.24, 2.45) is 11.5 Å². The third kappa shape index (κ3) is 4.87. The highest BCUT2D eigenvalue weighted by Gasteiger charge is 2.38. The number of nitrogens with two attached hydrogens (primary N) is 2. The number of carbonyl (C=O) groups is 1. The second kappa shape index (κ2) is 9.36. The van der Waals surface area contributed by atoms with E-state index in [9.17, 15) is 14.4 Å². The third-order valence-corrected chi connectivity index (χ3v) is 5.46. The molecule has 0 aliphatic carbocycles. The van der Waals surface area contributed by atoms with Crippen LogP contribution in [0.2, 0.25) is 0 Å². The predicted octanol–water partition coefficient (Wildman–Crippen LogP) is 1.46. The number of piperidine rings is 1. The standard InChI is InChI=1S/C20H24FN9O/c21-17-9-15(1-6-26-17)27-19-16(18(25)31)13-30(28-19)20(2-5-22)3-7-29(8-4-20)12-14(10-23)11-24/h1,6,9-11,13,23H,2-4,7-8,12,24H2,(H2,25,31)(H,26,27,28)/b14-11+,23-10?. The van der Waals surface area contributed by atoms with E-state index in [1.165, 1.54) is 30.9 Å². The fourth-order valence-electron chi connectivity index (χ4n) is 3.67. The van der Waals surface area contributed by atoms with Crippen LogP contribution in [0.3, 0.4) is 0 Å². The fraction of sp³-hybridized carbons (Fsp3) is 0.350. The first-order valence-electron chi connectivity index (χ1n) is 9.70. The van der Waals surface area contributed by atoms with Crippen molar-refractivity contribution in [3.05, 3.63) is 47.8 Å². The topological polar surface area (TPSA) is 163 Å². The highest BCUT2D eigenvalue weighted by molar-refractivity contribution is 5.98. The first kappa shape index (κ1) is 21.9. The van der Waals surface area contributed by atoms with Gasteiger partial charge >= 0.3 is 0 Å². The number of hydrogen-bond acceptors (Lipinski definition) is 8. The molecule has 0 unspecified atom stereocenters. The Kier molecular flexibility index (Phi) is 6.61. The zero-order valence-corrected chi connectivity index (χ0v) is 16.9. The first-order valence-corrected chi connectivity index (χ1v) is 9.70. The minimum absolute atomic E-state index is 0.147. The molecule has 0 aromatic carbocycles. The van der Waals surface area contributed by atoms with Gasteiger partial charge in [-0.25, -0.2) is 4.98 Å². The average molecular weight is 425 g/mol. The third-order valence-electron chi connectivity index (χ3n) is 5.46. The lowest BCUT2D eigenvalue weighted by Crippen LogP contribution is -2.47. The Balaban J connectivity index is 1.87. The Morgan fingerprint density at radius 2 is 2.19 bits per heavy atom. The van der Waals surface area contributed by atoms with E-state index in [1.54, 1.807) is 10.7 Å². The smallest absolute Gasteiger partial charge is 0.254 e. The minimum atomic E-state index is -0.684. The van der Waals surface area contributed by atoms with Crippen LogP contribution in [0, 0.1) is 22.7 Å². The fourth-order valence-corrected chi connectivity index (χ4v) is 3.67. The van der Waals surface area contributed by atoms with Crippen molar-refractivity contribution < 1.29 is 9.18 Å². The number of nitrogens with one attached hydrogen (secondary N) is 2. The Morgan fingerprint density at radius 3 is 2.77 bits per heavy atom. The number of halogens is 1. The molecule has 11 heteroatoms. The Labute approximate surface area is 178 Å². The van der Waals surface area contributed by atoms with E-state index in [0.717, 1.165) is 0 Å². The molecule has 2 aromatic heterocycles. The number of likely N-dealkylation sites (tertiary alicyclic amines) is 1. The lowest BCUT2D eigenvalue weighted by molar-refractivity contribution is 0.0997. The molecule has 0 radical (unpaired) electrons. The Morgan fingerprint density at radius 1 is 1.45 bits per heavy atom. The van der Waals surface area contributed by atoms with Gasteiger partial charge in [0.05, 0.1) is 18.0 Å². The summed E-state index contributed by atoms with van der Waals surface area (Å²) in [6.07, 6.45) is 6.90. The largest absolute Gasteiger partial charge is 0.404 e. The van der Waals surface area contributed by atoms with Crippen LogP contribution < -0.4 is 16.8 Å². The number of rotatable bonds is 8. The number of hydrogen-bond donors (Lipinski definition) is 4. The van der Waals surface area contributed by atoms with Gasteiger partial charge in [0, 0.05) is 50.0 Å². The zero-order valence-electron chi connectivity index (χ0n) is 16.9. The van der Waals surface area contributed by atoms with Gasteiger partial charge in [-0.2, -0.15) is 14.8 Å². The lowest BCUT2D eigenvalue weighted by Gasteiger charge is -2.40. The average Bonchev–Trinajstić information content (AvgIpc) is 3.18. The van der Waals surface area contributed by atoms with Gasteiger partial charge in [-0.1, -0.05) is 0 Å². The summed E-state index contributed by atoms with van der Waals surface area (Å²) >= 11 is 0. The number of anilines is 2. The summed E-state index contributed by atoms with van der Waals surface area (Å²) in [6, 6.07) is 4.95. The summed E-state index contributed by atoms with van der Waals surface area (Å²) in [7, 11) is 0. The number of aromatic nitrogens is 3. The van der Waals surface area contributed by atoms with Gasteiger partial charge in [0.1, 0.15) is 5.56 Å². The van der Waals surface area contributed by atoms with Crippen LogP contribution in [0.5, 0.6) is 0 Å². The van der Waals surface area contributed by atoms with E-state index >= 15 is 0 Å². The molecule has 1 aliphatic heterocycles. The molecule has 2 aromatic rings. The molecule has 31 heavy (non-hydrogen) atoms. The molecule has 0 spiro atoms. The Bertz CT molecular complexity index is 1030. The van der Waals surface area contributed by atoms with E-state index in [0.29, 0.717) is 43.7 Å². The molecule has 162 valence electrons. The van der Waals surface area contributed by atoms with Crippen LogP contribution >= 0.6 is 0 Å². The van der Waals surface area contributed by atoms with Crippen LogP contribution in [0.15, 0.2) is 36.3 Å². The molecule has 1 saturated heterocycles. The van der Waals surface area contributed by atoms with Crippen molar-refractivity contribution in [1.82, 2.24) is 19.7 Å². The summed E-state index contributed by atoms with van der Waals surface area (Å²) in [5, 5.41) is 24.3. The van der Waals surface area contributed by atoms with Gasteiger partial charge in [-0.15, -0.1) is 0 Å². The van der Waals surface area contributed by atoms with Gasteiger partial charge in [-0.05, 0) is 30.7 Å². The Hall–Kier alpha value is -3.78. The summed E-state index contributed by atoms with van der Waals surface area (Å²) in [4.78, 5) is 17.7. The van der Waals surface area contributed by atoms with Crippen LogP contribution in [0.25, 0.3) is 0 Å². The normalized spacial score (nSPS) is 16.5. The molecule has 1 aliphatic rings. The van der Waals surface area contributed by atoms with Crippen molar-refractivity contribution >= 4 is 23.6 Å². The molecule has 3 heterocycles. The van der Waals surface area contributed by atoms with Crippen molar-refractivity contribution in [2.45, 2.75) is 24.8 Å². The molecular weight excluding hydrogens is 401 g/mol. The summed E-state index contributed by atoms with van der Waals surface area (Å²) < 4.78 is 15.1. The minimum Gasteiger partial charge on any atom is -0.404 e. The number of primary amides is 1. The highest BCUT2D eigenvalue weighted by atomic mass is 19.1. The van der Waals surface area contributed by atoms with E-state index < -0.39 is 17.4 Å². The quantitative estimate of drug-likeness (QED) is 0.367. The van der Waals surface area contributed by atoms with E-state index in [1.807, 2.05) is 0 Å². The van der Waals surface area contributed by atoms with Crippen LogP contribution in [-0.4, -0.2) is 51.4 Å². The maximum absolute atomic E-state index is 13.4. The maximum Gasteiger partial charge on any atom is 0.254 e. The first-order chi connectivity index (χ1) is 14.9. The molecular formula is C20H24FN9O. The highest BCUT2D eigenvalue weighted by Crippen LogP contribution is 2.35. The van der Waals surface area contributed by atoms with Crippen molar-refractivity contribution in [1.29, 1.82) is 10.7 Å². The molecule has 10 nitrogen and oxygen atoms in total. The van der Waals surface area contributed by atoms with Gasteiger partial charge in [0.15, 0.2) is 5.82 Å². The molecule has 1 amide bonds. The second-order valence-electron chi connectivity index (χ2n) is 7.41. The SMILES string of the molecule is N#CCC1(n2cc(C(N)=O)c(Nc3ccnc(F)c3)n2)CCN(C/C(C=N)=C/N)CC1. The number of pyridine rings is 1. The molecule has 6 N–H and O–H groups in total. The number of amides is 1. The summed E-state index contributed by atoms with van der Waals surface area (Å²) in [6.45, 7) is 1.88. The van der Waals surface area contributed by atoms with Gasteiger partial charge in [0.2, 0.25) is 5.95 Å². The molecule has 0 saturated carbocycles. The molecule has 3 rings (SSSR count). The second-order valence-corrected chi connectivity index (χ2v) is 7.41. The van der Waals surface area contributed by atoms with Crippen molar-refractivity contribution in [3.8, 4) is 6.07 Å². The summed E-state index contributed by atoms with van der Waals surface area (Å²) in [5.41, 5.74) is 11.7. The lowest BCUT2D eigenvalue weighted by atomic mass is 9.84. The van der Waals surface area contributed by atoms with Crippen LogP contribution in [-0.2, 0) is 5.54 Å². The van der Waals surface area contributed by atoms with E-state index in [4.69, 9.17) is 16.9 Å². The maximum atomic E-state index is 13.4. The van der Waals surface area contributed by atoms with E-state index in [2.05, 4.69) is 26.4 Å². The van der Waals surface area contributed by atoms with E-state index in [-0.39, 0.29) is 17.8 Å². The molecule has 1 fully saturated rings. The number of nitriles is 1. The van der Waals surface area contributed by atoms with Gasteiger partial charge in [0.25, 0.3) is 5.91 Å². The molecule has 0 atom stereocenters. The van der Waals surface area contributed by atoms with Crippen LogP contribution in [0.1, 0.15) is 29.6 Å². The molecule has 0 bridgehead atoms. The number of nitrogens with zero attached hydrogens (tertiary/aromatic N) is 5. The number of carbonyl (C=O) groups excluding carboxylic acids is 1. The van der Waals surface area contributed by atoms with Gasteiger partial charge in [-0.3, -0.25) is 14.4 Å². The van der Waals surface area contributed by atoms with Gasteiger partial charge < -0.3 is 22.2 Å². The zero-order chi connectivity index (χ0) is 22.4.